The van der Waals surface area contributed by atoms with E-state index in [2.05, 4.69) is 0 Å². The summed E-state index contributed by atoms with van der Waals surface area (Å²) in [7, 11) is 5.24. The van der Waals surface area contributed by atoms with Crippen LogP contribution in [-0.2, 0) is 13.7 Å². The molecule has 5 rings (SSSR count). The molecule has 0 saturated carbocycles. The van der Waals surface area contributed by atoms with Gasteiger partial charge in [0.1, 0.15) is 29.6 Å². The third kappa shape index (κ3) is 3.91. The van der Waals surface area contributed by atoms with Gasteiger partial charge in [0.05, 0.1) is 19.8 Å². The van der Waals surface area contributed by atoms with Gasteiger partial charge in [-0.3, -0.25) is 4.79 Å². The van der Waals surface area contributed by atoms with Gasteiger partial charge in [-0.25, -0.2) is 0 Å². The van der Waals surface area contributed by atoms with E-state index in [1.165, 1.54) is 0 Å². The average Bonchev–Trinajstić information content (AvgIpc) is 3.33. The van der Waals surface area contributed by atoms with Gasteiger partial charge in [-0.2, -0.15) is 0 Å². The molecule has 6 nitrogen and oxygen atoms in total. The number of carbonyl (C=O) groups excluding carboxylic acids is 1. The Kier molecular flexibility index (Phi) is 5.26. The number of hydrogen-bond donors (Lipinski definition) is 0. The number of carbonyl (C=O) groups is 1. The predicted octanol–water partition coefficient (Wildman–Crippen LogP) is 5.39. The molecular formula is C27H23NO5. The minimum absolute atomic E-state index is 0.149. The summed E-state index contributed by atoms with van der Waals surface area (Å²) in [6, 6.07) is 18.8. The first kappa shape index (κ1) is 20.7. The van der Waals surface area contributed by atoms with Crippen molar-refractivity contribution in [1.29, 1.82) is 0 Å². The smallest absolute Gasteiger partial charge is 0.231 e. The first-order valence-corrected chi connectivity index (χ1v) is 10.5. The van der Waals surface area contributed by atoms with Crippen LogP contribution in [0.25, 0.3) is 17.0 Å². The number of aromatic nitrogens is 1. The highest BCUT2D eigenvalue weighted by Gasteiger charge is 2.28. The number of hydrogen-bond acceptors (Lipinski definition) is 5. The molecule has 0 atom stereocenters. The van der Waals surface area contributed by atoms with Crippen LogP contribution < -0.4 is 18.9 Å². The van der Waals surface area contributed by atoms with Crippen LogP contribution in [0.4, 0.5) is 0 Å². The van der Waals surface area contributed by atoms with Gasteiger partial charge in [0.25, 0.3) is 0 Å². The molecule has 0 amide bonds. The number of fused-ring (bicyclic) bond motifs is 2. The lowest BCUT2D eigenvalue weighted by Gasteiger charge is -2.08. The van der Waals surface area contributed by atoms with Crippen molar-refractivity contribution in [3.8, 4) is 23.0 Å². The van der Waals surface area contributed by atoms with E-state index < -0.39 is 0 Å². The Hall–Kier alpha value is -4.19. The molecule has 2 heterocycles. The molecule has 0 radical (unpaired) electrons. The van der Waals surface area contributed by atoms with Crippen LogP contribution >= 0.6 is 0 Å². The van der Waals surface area contributed by atoms with Crippen molar-refractivity contribution < 1.29 is 23.7 Å². The van der Waals surface area contributed by atoms with Crippen LogP contribution in [0.1, 0.15) is 21.5 Å². The maximum atomic E-state index is 12.9. The normalized spacial score (nSPS) is 13.8. The van der Waals surface area contributed by atoms with Gasteiger partial charge in [-0.1, -0.05) is 12.1 Å². The van der Waals surface area contributed by atoms with Crippen LogP contribution in [0.15, 0.2) is 72.6 Å². The van der Waals surface area contributed by atoms with E-state index in [0.29, 0.717) is 23.7 Å². The molecular weight excluding hydrogens is 418 g/mol. The fourth-order valence-corrected chi connectivity index (χ4v) is 3.97. The first-order chi connectivity index (χ1) is 16.1. The molecule has 3 aromatic carbocycles. The highest BCUT2D eigenvalue weighted by Crippen LogP contribution is 2.36. The zero-order valence-corrected chi connectivity index (χ0v) is 18.6. The SMILES string of the molecule is COc1cccc(COc2ccc3c(c2)O/C(=C/c2cn(C)c4ccc(OC)cc24)C3=O)c1. The minimum Gasteiger partial charge on any atom is -0.497 e. The molecule has 0 saturated heterocycles. The van der Waals surface area contributed by atoms with Gasteiger partial charge < -0.3 is 23.5 Å². The summed E-state index contributed by atoms with van der Waals surface area (Å²) in [5.74, 6) is 2.79. The van der Waals surface area contributed by atoms with Crippen LogP contribution in [-0.4, -0.2) is 24.6 Å². The monoisotopic (exact) mass is 441 g/mol. The Balaban J connectivity index is 1.39. The standard InChI is InChI=1S/C27H23NO5/c1-28-15-18(23-13-20(31-3)8-10-24(23)28)12-26-27(29)22-9-7-21(14-25(22)33-26)32-16-17-5-4-6-19(11-17)30-2/h4-15H,16H2,1-3H3/b26-12+. The van der Waals surface area contributed by atoms with Crippen molar-refractivity contribution >= 4 is 22.8 Å². The van der Waals surface area contributed by atoms with Crippen molar-refractivity contribution in [2.75, 3.05) is 14.2 Å². The zero-order chi connectivity index (χ0) is 22.9. The number of nitrogens with zero attached hydrogens (tertiary/aromatic N) is 1. The minimum atomic E-state index is -0.149. The number of rotatable bonds is 6. The number of benzene rings is 3. The number of ether oxygens (including phenoxy) is 4. The van der Waals surface area contributed by atoms with E-state index in [1.807, 2.05) is 60.3 Å². The van der Waals surface area contributed by atoms with E-state index in [1.54, 1.807) is 38.5 Å². The molecule has 6 heteroatoms. The fourth-order valence-electron chi connectivity index (χ4n) is 3.97. The number of allylic oxidation sites excluding steroid dienone is 1. The van der Waals surface area contributed by atoms with Gasteiger partial charge in [0.15, 0.2) is 5.76 Å². The summed E-state index contributed by atoms with van der Waals surface area (Å²) >= 11 is 0. The third-order valence-electron chi connectivity index (χ3n) is 5.70. The summed E-state index contributed by atoms with van der Waals surface area (Å²) in [4.78, 5) is 12.9. The zero-order valence-electron chi connectivity index (χ0n) is 18.6. The Morgan fingerprint density at radius 2 is 1.73 bits per heavy atom. The lowest BCUT2D eigenvalue weighted by atomic mass is 10.1. The molecule has 0 unspecified atom stereocenters. The van der Waals surface area contributed by atoms with Crippen molar-refractivity contribution in [3.63, 3.8) is 0 Å². The quantitative estimate of drug-likeness (QED) is 0.376. The van der Waals surface area contributed by atoms with Gasteiger partial charge in [0, 0.05) is 35.8 Å². The van der Waals surface area contributed by atoms with E-state index in [4.69, 9.17) is 18.9 Å². The molecule has 0 bridgehead atoms. The number of methoxy groups -OCH3 is 2. The van der Waals surface area contributed by atoms with Gasteiger partial charge in [-0.15, -0.1) is 0 Å². The van der Waals surface area contributed by atoms with Gasteiger partial charge >= 0.3 is 0 Å². The Morgan fingerprint density at radius 3 is 2.55 bits per heavy atom. The maximum Gasteiger partial charge on any atom is 0.231 e. The molecule has 1 aromatic heterocycles. The van der Waals surface area contributed by atoms with Crippen LogP contribution in [0.3, 0.4) is 0 Å². The molecule has 33 heavy (non-hydrogen) atoms. The highest BCUT2D eigenvalue weighted by molar-refractivity contribution is 6.15. The fraction of sp³-hybridized carbons (Fsp3) is 0.148. The Bertz CT molecular complexity index is 1400. The topological polar surface area (TPSA) is 58.9 Å². The van der Waals surface area contributed by atoms with Crippen LogP contribution in [0.2, 0.25) is 0 Å². The molecule has 0 spiro atoms. The Morgan fingerprint density at radius 1 is 0.939 bits per heavy atom. The van der Waals surface area contributed by atoms with Crippen molar-refractivity contribution in [2.45, 2.75) is 6.61 Å². The summed E-state index contributed by atoms with van der Waals surface area (Å²) in [5, 5.41) is 0.985. The molecule has 0 aliphatic carbocycles. The molecule has 1 aliphatic rings. The second-order valence-corrected chi connectivity index (χ2v) is 7.82. The molecule has 166 valence electrons. The maximum absolute atomic E-state index is 12.9. The second-order valence-electron chi connectivity index (χ2n) is 7.82. The molecule has 0 fully saturated rings. The number of ketones is 1. The van der Waals surface area contributed by atoms with E-state index in [0.717, 1.165) is 33.5 Å². The summed E-state index contributed by atoms with van der Waals surface area (Å²) in [6.45, 7) is 0.379. The second kappa shape index (κ2) is 8.39. The number of aryl methyl sites for hydroxylation is 1. The van der Waals surface area contributed by atoms with Crippen molar-refractivity contribution in [3.05, 3.63) is 89.3 Å². The van der Waals surface area contributed by atoms with E-state index in [-0.39, 0.29) is 11.5 Å². The Labute approximate surface area is 191 Å². The lowest BCUT2D eigenvalue weighted by molar-refractivity contribution is 0.101. The summed E-state index contributed by atoms with van der Waals surface area (Å²) < 4.78 is 24.5. The van der Waals surface area contributed by atoms with Gasteiger partial charge in [0.2, 0.25) is 5.78 Å². The first-order valence-electron chi connectivity index (χ1n) is 10.5. The van der Waals surface area contributed by atoms with Gasteiger partial charge in [-0.05, 0) is 54.1 Å². The number of Topliss-reactive ketones (excluding diaryl/α,β-unsaturated/α-hetero) is 1. The largest absolute Gasteiger partial charge is 0.497 e. The lowest BCUT2D eigenvalue weighted by Crippen LogP contribution is -1.98. The highest BCUT2D eigenvalue weighted by atomic mass is 16.5. The van der Waals surface area contributed by atoms with Crippen molar-refractivity contribution in [2.24, 2.45) is 7.05 Å². The summed E-state index contributed by atoms with van der Waals surface area (Å²) in [6.07, 6.45) is 3.75. The molecule has 4 aromatic rings. The third-order valence-corrected chi connectivity index (χ3v) is 5.70. The van der Waals surface area contributed by atoms with E-state index >= 15 is 0 Å². The van der Waals surface area contributed by atoms with Crippen LogP contribution in [0.5, 0.6) is 23.0 Å². The van der Waals surface area contributed by atoms with Crippen molar-refractivity contribution in [1.82, 2.24) is 4.57 Å². The van der Waals surface area contributed by atoms with E-state index in [9.17, 15) is 4.79 Å². The predicted molar refractivity (Wildman–Crippen MR) is 126 cm³/mol. The molecule has 1 aliphatic heterocycles. The average molecular weight is 441 g/mol. The van der Waals surface area contributed by atoms with Crippen LogP contribution in [0, 0.1) is 0 Å². The molecule has 0 N–H and O–H groups in total. The summed E-state index contributed by atoms with van der Waals surface area (Å²) in [5.41, 5.74) is 3.43.